The fourth-order valence-corrected chi connectivity index (χ4v) is 3.29. The maximum absolute atomic E-state index is 12.2. The van der Waals surface area contributed by atoms with Gasteiger partial charge >= 0.3 is 5.97 Å². The van der Waals surface area contributed by atoms with Crippen LogP contribution in [0.2, 0.25) is 0 Å². The van der Waals surface area contributed by atoms with Crippen molar-refractivity contribution in [3.8, 4) is 11.5 Å². The second-order valence-electron chi connectivity index (χ2n) is 8.02. The molecule has 7 nitrogen and oxygen atoms in total. The third kappa shape index (κ3) is 7.78. The summed E-state index contributed by atoms with van der Waals surface area (Å²) in [5.74, 6) is 0.0164. The standard InChI is InChI=1S/C27H28N2O5/c1-18-14-19(2)16-23(15-18)34-22-10-8-21(9-11-22)28-25(30)12-13-27(32)33-17-26(31)29-24-7-5-4-6-20(24)3/h4-11,14-16H,12-13,17H2,1-3H3,(H,28,30)(H,29,31). The third-order valence-electron chi connectivity index (χ3n) is 4.91. The smallest absolute Gasteiger partial charge is 0.306 e. The fourth-order valence-electron chi connectivity index (χ4n) is 3.29. The highest BCUT2D eigenvalue weighted by molar-refractivity contribution is 5.94. The number of para-hydroxylation sites is 1. The van der Waals surface area contributed by atoms with Gasteiger partial charge < -0.3 is 20.1 Å². The molecule has 0 atom stereocenters. The summed E-state index contributed by atoms with van der Waals surface area (Å²) < 4.78 is 10.8. The van der Waals surface area contributed by atoms with Gasteiger partial charge in [0.1, 0.15) is 11.5 Å². The fraction of sp³-hybridized carbons (Fsp3) is 0.222. The average molecular weight is 461 g/mol. The van der Waals surface area contributed by atoms with Crippen molar-refractivity contribution in [2.75, 3.05) is 17.2 Å². The van der Waals surface area contributed by atoms with Gasteiger partial charge in [-0.05, 0) is 79.9 Å². The number of carbonyl (C=O) groups excluding carboxylic acids is 3. The highest BCUT2D eigenvalue weighted by Gasteiger charge is 2.12. The van der Waals surface area contributed by atoms with Gasteiger partial charge in [0, 0.05) is 17.8 Å². The van der Waals surface area contributed by atoms with E-state index < -0.39 is 18.5 Å². The number of benzene rings is 3. The lowest BCUT2D eigenvalue weighted by Gasteiger charge is -2.10. The van der Waals surface area contributed by atoms with Crippen LogP contribution in [0.15, 0.2) is 66.7 Å². The van der Waals surface area contributed by atoms with Crippen LogP contribution in [-0.4, -0.2) is 24.4 Å². The molecule has 3 aromatic rings. The van der Waals surface area contributed by atoms with Crippen LogP contribution >= 0.6 is 0 Å². The van der Waals surface area contributed by atoms with Crippen molar-refractivity contribution in [2.45, 2.75) is 33.6 Å². The second-order valence-corrected chi connectivity index (χ2v) is 8.02. The summed E-state index contributed by atoms with van der Waals surface area (Å²) in [5, 5.41) is 5.41. The Hall–Kier alpha value is -4.13. The first-order valence-corrected chi connectivity index (χ1v) is 11.0. The number of amides is 2. The number of anilines is 2. The van der Waals surface area contributed by atoms with Gasteiger partial charge in [-0.1, -0.05) is 24.3 Å². The summed E-state index contributed by atoms with van der Waals surface area (Å²) in [6.07, 6.45) is -0.184. The van der Waals surface area contributed by atoms with Crippen LogP contribution in [0, 0.1) is 20.8 Å². The predicted octanol–water partition coefficient (Wildman–Crippen LogP) is 5.30. The SMILES string of the molecule is Cc1cc(C)cc(Oc2ccc(NC(=O)CCC(=O)OCC(=O)Nc3ccccc3C)cc2)c1. The number of hydrogen-bond donors (Lipinski definition) is 2. The summed E-state index contributed by atoms with van der Waals surface area (Å²) in [6, 6.07) is 20.2. The van der Waals surface area contributed by atoms with Crippen molar-refractivity contribution in [1.82, 2.24) is 0 Å². The van der Waals surface area contributed by atoms with Gasteiger partial charge in [-0.25, -0.2) is 0 Å². The van der Waals surface area contributed by atoms with Crippen LogP contribution < -0.4 is 15.4 Å². The molecular formula is C27H28N2O5. The largest absolute Gasteiger partial charge is 0.457 e. The molecule has 2 amide bonds. The van der Waals surface area contributed by atoms with E-state index in [1.54, 1.807) is 36.4 Å². The van der Waals surface area contributed by atoms with E-state index in [9.17, 15) is 14.4 Å². The van der Waals surface area contributed by atoms with Crippen molar-refractivity contribution in [3.05, 3.63) is 83.4 Å². The zero-order valence-corrected chi connectivity index (χ0v) is 19.5. The normalized spacial score (nSPS) is 10.3. The molecule has 0 saturated heterocycles. The molecule has 0 spiro atoms. The Morgan fingerprint density at radius 2 is 1.41 bits per heavy atom. The Morgan fingerprint density at radius 3 is 2.09 bits per heavy atom. The van der Waals surface area contributed by atoms with E-state index in [-0.39, 0.29) is 18.7 Å². The van der Waals surface area contributed by atoms with Gasteiger partial charge in [0.05, 0.1) is 6.42 Å². The highest BCUT2D eigenvalue weighted by Crippen LogP contribution is 2.25. The molecule has 3 rings (SSSR count). The molecule has 176 valence electrons. The van der Waals surface area contributed by atoms with Crippen LogP contribution in [-0.2, 0) is 19.1 Å². The zero-order valence-electron chi connectivity index (χ0n) is 19.5. The molecule has 7 heteroatoms. The van der Waals surface area contributed by atoms with Crippen LogP contribution in [0.1, 0.15) is 29.5 Å². The molecule has 0 saturated carbocycles. The molecule has 0 bridgehead atoms. The Balaban J connectivity index is 1.39. The van der Waals surface area contributed by atoms with E-state index in [0.29, 0.717) is 17.1 Å². The molecule has 3 aromatic carbocycles. The minimum absolute atomic E-state index is 0.0565. The maximum Gasteiger partial charge on any atom is 0.306 e. The summed E-state index contributed by atoms with van der Waals surface area (Å²) in [5.41, 5.74) is 4.38. The Bertz CT molecular complexity index is 1150. The first kappa shape index (κ1) is 24.5. The molecule has 0 aliphatic carbocycles. The molecule has 2 N–H and O–H groups in total. The van der Waals surface area contributed by atoms with Gasteiger partial charge in [-0.2, -0.15) is 0 Å². The lowest BCUT2D eigenvalue weighted by Crippen LogP contribution is -2.22. The first-order valence-electron chi connectivity index (χ1n) is 11.0. The molecular weight excluding hydrogens is 432 g/mol. The number of hydrogen-bond acceptors (Lipinski definition) is 5. The van der Waals surface area contributed by atoms with Crippen LogP contribution in [0.3, 0.4) is 0 Å². The summed E-state index contributed by atoms with van der Waals surface area (Å²) >= 11 is 0. The van der Waals surface area contributed by atoms with E-state index in [2.05, 4.69) is 16.7 Å². The molecule has 0 fully saturated rings. The Morgan fingerprint density at radius 1 is 0.735 bits per heavy atom. The molecule has 0 aliphatic heterocycles. The highest BCUT2D eigenvalue weighted by atomic mass is 16.5. The quantitative estimate of drug-likeness (QED) is 0.423. The van der Waals surface area contributed by atoms with E-state index in [1.807, 2.05) is 45.0 Å². The Kier molecular flexibility index (Phi) is 8.40. The van der Waals surface area contributed by atoms with E-state index in [0.717, 1.165) is 22.4 Å². The number of esters is 1. The Labute approximate surface area is 199 Å². The van der Waals surface area contributed by atoms with Gasteiger partial charge in [0.15, 0.2) is 6.61 Å². The number of ether oxygens (including phenoxy) is 2. The van der Waals surface area contributed by atoms with Crippen molar-refractivity contribution in [1.29, 1.82) is 0 Å². The van der Waals surface area contributed by atoms with Crippen LogP contribution in [0.5, 0.6) is 11.5 Å². The number of carbonyl (C=O) groups is 3. The predicted molar refractivity (Wildman–Crippen MR) is 131 cm³/mol. The zero-order chi connectivity index (χ0) is 24.5. The van der Waals surface area contributed by atoms with Gasteiger partial charge in [-0.3, -0.25) is 14.4 Å². The molecule has 34 heavy (non-hydrogen) atoms. The van der Waals surface area contributed by atoms with Crippen LogP contribution in [0.4, 0.5) is 11.4 Å². The first-order chi connectivity index (χ1) is 16.3. The second kappa shape index (κ2) is 11.7. The molecule has 0 unspecified atom stereocenters. The third-order valence-corrected chi connectivity index (χ3v) is 4.91. The maximum atomic E-state index is 12.2. The number of nitrogens with one attached hydrogen (secondary N) is 2. The van der Waals surface area contributed by atoms with Crippen LogP contribution in [0.25, 0.3) is 0 Å². The van der Waals surface area contributed by atoms with Gasteiger partial charge in [-0.15, -0.1) is 0 Å². The molecule has 0 heterocycles. The topological polar surface area (TPSA) is 93.7 Å². The summed E-state index contributed by atoms with van der Waals surface area (Å²) in [4.78, 5) is 36.0. The molecule has 0 radical (unpaired) electrons. The monoisotopic (exact) mass is 460 g/mol. The van der Waals surface area contributed by atoms with Gasteiger partial charge in [0.2, 0.25) is 5.91 Å². The van der Waals surface area contributed by atoms with Crippen molar-refractivity contribution in [3.63, 3.8) is 0 Å². The molecule has 0 aromatic heterocycles. The van der Waals surface area contributed by atoms with Crippen molar-refractivity contribution >= 4 is 29.2 Å². The average Bonchev–Trinajstić information content (AvgIpc) is 2.78. The lowest BCUT2D eigenvalue weighted by molar-refractivity contribution is -0.147. The van der Waals surface area contributed by atoms with E-state index in [4.69, 9.17) is 9.47 Å². The van der Waals surface area contributed by atoms with E-state index in [1.165, 1.54) is 0 Å². The summed E-state index contributed by atoms with van der Waals surface area (Å²) in [7, 11) is 0. The van der Waals surface area contributed by atoms with Crippen molar-refractivity contribution in [2.24, 2.45) is 0 Å². The summed E-state index contributed by atoms with van der Waals surface area (Å²) in [6.45, 7) is 5.48. The number of rotatable bonds is 9. The number of aryl methyl sites for hydroxylation is 3. The minimum Gasteiger partial charge on any atom is -0.457 e. The van der Waals surface area contributed by atoms with Gasteiger partial charge in [0.25, 0.3) is 5.91 Å². The van der Waals surface area contributed by atoms with E-state index >= 15 is 0 Å². The van der Waals surface area contributed by atoms with Crippen molar-refractivity contribution < 1.29 is 23.9 Å². The molecule has 0 aliphatic rings. The lowest BCUT2D eigenvalue weighted by atomic mass is 10.1. The minimum atomic E-state index is -0.618.